The van der Waals surface area contributed by atoms with Crippen molar-refractivity contribution in [2.75, 3.05) is 40.5 Å². The molecule has 3 aromatic rings. The van der Waals surface area contributed by atoms with E-state index in [2.05, 4.69) is 46.0 Å². The highest BCUT2D eigenvalue weighted by Crippen LogP contribution is 2.31. The zero-order chi connectivity index (χ0) is 45.9. The lowest BCUT2D eigenvalue weighted by Crippen LogP contribution is -2.56. The Hall–Kier alpha value is -5.50. The average molecular weight is 948 g/mol. The standard InChI is InChI=1S/C23H29N3O6S.C19H26BrN3O6/c1-23(2,3)19(25-22(30)31-4)20(27)26-11-14(10-17(26)21(28)29)12-32-18-7-5-6-16(24-18)15-8-9-33-13-15;1-19(2,3)15(22-18(27)28-4)16(24)23-9-11(8-12(23)17(25)26)10-29-14-7-5-6-13(20)21-14/h5-9,13-14,17,19H,10-12H2,1-4H3,(H,25,30)(H,28,29);5-7,11-12,15H,8-10H2,1-4H3,(H,22,27)(H,25,26)/t14-,17+,19-;11-,12+,15-/m11/s1. The van der Waals surface area contributed by atoms with E-state index in [1.54, 1.807) is 77.1 Å². The number of nitrogens with zero attached hydrogens (tertiary/aromatic N) is 4. The van der Waals surface area contributed by atoms with Crippen molar-refractivity contribution in [3.8, 4) is 23.0 Å². The van der Waals surface area contributed by atoms with Crippen LogP contribution in [-0.2, 0) is 28.7 Å². The van der Waals surface area contributed by atoms with Gasteiger partial charge < -0.3 is 49.6 Å². The summed E-state index contributed by atoms with van der Waals surface area (Å²) in [6.45, 7) is 11.6. The second kappa shape index (κ2) is 21.5. The number of carboxylic acid groups (broad SMARTS) is 2. The minimum atomic E-state index is -1.09. The summed E-state index contributed by atoms with van der Waals surface area (Å²) in [7, 11) is 2.42. The number of amides is 4. The number of methoxy groups -OCH3 is 2. The first-order chi connectivity index (χ1) is 29.1. The number of hydrogen-bond donors (Lipinski definition) is 4. The van der Waals surface area contributed by atoms with E-state index in [9.17, 15) is 39.0 Å². The van der Waals surface area contributed by atoms with Crippen molar-refractivity contribution >= 4 is 63.2 Å². The number of carboxylic acids is 2. The number of alkyl carbamates (subject to hydrolysis) is 2. The number of nitrogens with one attached hydrogen (secondary N) is 2. The highest BCUT2D eigenvalue weighted by Gasteiger charge is 2.47. The number of rotatable bonds is 13. The number of likely N-dealkylation sites (tertiary alicyclic amines) is 2. The Morgan fingerprint density at radius 2 is 1.19 bits per heavy atom. The van der Waals surface area contributed by atoms with Crippen LogP contribution in [0.15, 0.2) is 57.8 Å². The maximum absolute atomic E-state index is 13.3. The predicted molar refractivity (Wildman–Crippen MR) is 231 cm³/mol. The number of hydrogen-bond acceptors (Lipinski definition) is 13. The van der Waals surface area contributed by atoms with Crippen molar-refractivity contribution in [3.63, 3.8) is 0 Å². The molecule has 0 radical (unpaired) electrons. The van der Waals surface area contributed by atoms with Gasteiger partial charge in [0.2, 0.25) is 23.6 Å². The minimum Gasteiger partial charge on any atom is -0.480 e. The minimum absolute atomic E-state index is 0.181. The van der Waals surface area contributed by atoms with Gasteiger partial charge in [-0.15, -0.1) is 0 Å². The molecule has 0 spiro atoms. The molecule has 338 valence electrons. The summed E-state index contributed by atoms with van der Waals surface area (Å²) in [5.41, 5.74) is 0.514. The van der Waals surface area contributed by atoms with E-state index in [4.69, 9.17) is 9.47 Å². The van der Waals surface area contributed by atoms with Crippen LogP contribution in [0.3, 0.4) is 0 Å². The molecule has 2 saturated heterocycles. The third kappa shape index (κ3) is 13.5. The van der Waals surface area contributed by atoms with Gasteiger partial charge in [0.1, 0.15) is 28.8 Å². The maximum atomic E-state index is 13.3. The van der Waals surface area contributed by atoms with Crippen LogP contribution >= 0.6 is 27.3 Å². The summed E-state index contributed by atoms with van der Waals surface area (Å²) < 4.78 is 21.4. The molecule has 4 amide bonds. The highest BCUT2D eigenvalue weighted by molar-refractivity contribution is 9.10. The van der Waals surface area contributed by atoms with E-state index in [-0.39, 0.29) is 51.0 Å². The molecule has 3 aromatic heterocycles. The molecule has 6 atom stereocenters. The van der Waals surface area contributed by atoms with Gasteiger partial charge in [-0.25, -0.2) is 29.1 Å². The van der Waals surface area contributed by atoms with Gasteiger partial charge in [-0.05, 0) is 63.2 Å². The monoisotopic (exact) mass is 946 g/mol. The second-order valence-electron chi connectivity index (χ2n) is 17.1. The van der Waals surface area contributed by atoms with Crippen molar-refractivity contribution in [1.82, 2.24) is 30.4 Å². The second-order valence-corrected chi connectivity index (χ2v) is 18.6. The van der Waals surface area contributed by atoms with Crippen molar-refractivity contribution in [2.24, 2.45) is 22.7 Å². The van der Waals surface area contributed by atoms with Crippen molar-refractivity contribution < 1.29 is 57.9 Å². The van der Waals surface area contributed by atoms with Crippen LogP contribution in [0.4, 0.5) is 9.59 Å². The lowest BCUT2D eigenvalue weighted by atomic mass is 9.85. The average Bonchev–Trinajstić information content (AvgIpc) is 4.00. The molecule has 2 aliphatic rings. The lowest BCUT2D eigenvalue weighted by Gasteiger charge is -2.34. The van der Waals surface area contributed by atoms with Gasteiger partial charge in [0.15, 0.2) is 0 Å². The Morgan fingerprint density at radius 3 is 1.58 bits per heavy atom. The normalized spacial score (nSPS) is 19.6. The van der Waals surface area contributed by atoms with Crippen LogP contribution in [0.1, 0.15) is 54.4 Å². The summed E-state index contributed by atoms with van der Waals surface area (Å²) in [5.74, 6) is -2.62. The number of thiophene rings is 1. The van der Waals surface area contributed by atoms with E-state index in [0.717, 1.165) is 11.3 Å². The maximum Gasteiger partial charge on any atom is 0.407 e. The number of aliphatic carboxylic acids is 2. The van der Waals surface area contributed by atoms with Crippen LogP contribution in [0.25, 0.3) is 11.3 Å². The molecule has 0 aromatic carbocycles. The summed E-state index contributed by atoms with van der Waals surface area (Å²) in [6.07, 6.45) is -0.986. The molecule has 0 saturated carbocycles. The molecular formula is C42H55BrN6O12S. The van der Waals surface area contributed by atoms with Gasteiger partial charge in [0.05, 0.1) is 33.1 Å². The first kappa shape index (κ1) is 49.2. The molecule has 2 aliphatic heterocycles. The summed E-state index contributed by atoms with van der Waals surface area (Å²) >= 11 is 4.85. The van der Waals surface area contributed by atoms with Gasteiger partial charge in [-0.2, -0.15) is 11.3 Å². The van der Waals surface area contributed by atoms with Gasteiger partial charge in [-0.3, -0.25) is 9.59 Å². The van der Waals surface area contributed by atoms with Crippen LogP contribution in [0, 0.1) is 22.7 Å². The van der Waals surface area contributed by atoms with Gasteiger partial charge >= 0.3 is 24.1 Å². The smallest absolute Gasteiger partial charge is 0.407 e. The quantitative estimate of drug-likeness (QED) is 0.154. The summed E-state index contributed by atoms with van der Waals surface area (Å²) in [6, 6.07) is 8.87. The van der Waals surface area contributed by atoms with Crippen LogP contribution in [0.2, 0.25) is 0 Å². The van der Waals surface area contributed by atoms with E-state index >= 15 is 0 Å². The number of carbonyl (C=O) groups excluding carboxylic acids is 4. The molecule has 4 N–H and O–H groups in total. The summed E-state index contributed by atoms with van der Waals surface area (Å²) in [4.78, 5) is 84.9. The molecule has 2 fully saturated rings. The van der Waals surface area contributed by atoms with Gasteiger partial charge in [0.25, 0.3) is 0 Å². The Bertz CT molecular complexity index is 2040. The van der Waals surface area contributed by atoms with Crippen LogP contribution in [0.5, 0.6) is 11.8 Å². The van der Waals surface area contributed by atoms with E-state index in [1.165, 1.54) is 24.0 Å². The molecule has 5 rings (SSSR count). The van der Waals surface area contributed by atoms with Crippen molar-refractivity contribution in [3.05, 3.63) is 57.8 Å². The topological polar surface area (TPSA) is 236 Å². The third-order valence-corrected chi connectivity index (χ3v) is 11.3. The zero-order valence-corrected chi connectivity index (χ0v) is 38.4. The molecular weight excluding hydrogens is 892 g/mol. The fourth-order valence-electron chi connectivity index (χ4n) is 6.97. The third-order valence-electron chi connectivity index (χ3n) is 10.2. The van der Waals surface area contributed by atoms with Crippen LogP contribution in [-0.4, -0.2) is 131 Å². The Kier molecular flexibility index (Phi) is 17.1. The molecule has 5 heterocycles. The van der Waals surface area contributed by atoms with Crippen LogP contribution < -0.4 is 20.1 Å². The fourth-order valence-corrected chi connectivity index (χ4v) is 7.95. The fraction of sp³-hybridized carbons (Fsp3) is 0.524. The molecule has 20 heteroatoms. The molecule has 62 heavy (non-hydrogen) atoms. The lowest BCUT2D eigenvalue weighted by molar-refractivity contribution is -0.150. The molecule has 0 bridgehead atoms. The zero-order valence-electron chi connectivity index (χ0n) is 36.0. The molecule has 0 aliphatic carbocycles. The van der Waals surface area contributed by atoms with E-state index < -0.39 is 70.9 Å². The predicted octanol–water partition coefficient (Wildman–Crippen LogP) is 5.56. The van der Waals surface area contributed by atoms with Crippen molar-refractivity contribution in [2.45, 2.75) is 78.6 Å². The Labute approximate surface area is 372 Å². The number of ether oxygens (including phenoxy) is 4. The summed E-state index contributed by atoms with van der Waals surface area (Å²) in [5, 5.41) is 28.4. The highest BCUT2D eigenvalue weighted by atomic mass is 79.9. The number of carbonyl (C=O) groups is 6. The number of aromatic nitrogens is 2. The largest absolute Gasteiger partial charge is 0.480 e. The Balaban J connectivity index is 0.000000275. The first-order valence-electron chi connectivity index (χ1n) is 19.8. The number of pyridine rings is 2. The van der Waals surface area contributed by atoms with Gasteiger partial charge in [0, 0.05) is 48.0 Å². The van der Waals surface area contributed by atoms with E-state index in [0.29, 0.717) is 16.4 Å². The van der Waals surface area contributed by atoms with E-state index in [1.807, 2.05) is 29.0 Å². The first-order valence-corrected chi connectivity index (χ1v) is 21.5. The van der Waals surface area contributed by atoms with Crippen molar-refractivity contribution in [1.29, 1.82) is 0 Å². The molecule has 18 nitrogen and oxygen atoms in total. The SMILES string of the molecule is COC(=O)N[C@H](C(=O)N1C[C@H](COc2cccc(-c3ccsc3)n2)C[C@H]1C(=O)O)C(C)(C)C.COC(=O)N[C@H](C(=O)N1C[C@H](COc2cccc(Br)n2)C[C@H]1C(=O)O)C(C)(C)C. The Morgan fingerprint density at radius 1 is 0.742 bits per heavy atom. The van der Waals surface area contributed by atoms with Gasteiger partial charge in [-0.1, -0.05) is 53.7 Å². The number of halogens is 1. The molecule has 0 unspecified atom stereocenters.